The predicted octanol–water partition coefficient (Wildman–Crippen LogP) is 3.24. The molecule has 0 aromatic heterocycles. The first kappa shape index (κ1) is 17.0. The van der Waals surface area contributed by atoms with Crippen LogP contribution in [0.1, 0.15) is 36.7 Å². The standard InChI is InChI=1S/C14H15F3O4/c1-13(2,3)21-12(19)8-20-11-5-4-10(14(15,16)17)6-9(11)7-18/h4-7H,8H2,1-3H3. The second-order valence-electron chi connectivity index (χ2n) is 5.24. The van der Waals surface area contributed by atoms with Crippen molar-refractivity contribution in [2.45, 2.75) is 32.5 Å². The fourth-order valence-electron chi connectivity index (χ4n) is 1.46. The molecular formula is C14H15F3O4. The van der Waals surface area contributed by atoms with Crippen molar-refractivity contribution in [1.82, 2.24) is 0 Å². The summed E-state index contributed by atoms with van der Waals surface area (Å²) in [5, 5.41) is 0. The number of rotatable bonds is 4. The van der Waals surface area contributed by atoms with Gasteiger partial charge in [0.1, 0.15) is 11.4 Å². The minimum absolute atomic E-state index is 0.108. The van der Waals surface area contributed by atoms with Crippen LogP contribution in [-0.2, 0) is 15.7 Å². The van der Waals surface area contributed by atoms with E-state index in [1.165, 1.54) is 0 Å². The summed E-state index contributed by atoms with van der Waals surface area (Å²) in [6, 6.07) is 2.44. The second-order valence-corrected chi connectivity index (χ2v) is 5.24. The summed E-state index contributed by atoms with van der Waals surface area (Å²) < 4.78 is 47.5. The molecule has 0 atom stereocenters. The van der Waals surface area contributed by atoms with Crippen LogP contribution in [0.25, 0.3) is 0 Å². The van der Waals surface area contributed by atoms with Crippen molar-refractivity contribution in [3.8, 4) is 5.75 Å². The lowest BCUT2D eigenvalue weighted by Gasteiger charge is -2.19. The van der Waals surface area contributed by atoms with E-state index in [0.29, 0.717) is 6.07 Å². The maximum Gasteiger partial charge on any atom is 0.416 e. The van der Waals surface area contributed by atoms with E-state index in [1.54, 1.807) is 20.8 Å². The van der Waals surface area contributed by atoms with Crippen molar-refractivity contribution >= 4 is 12.3 Å². The van der Waals surface area contributed by atoms with Crippen molar-refractivity contribution in [3.05, 3.63) is 29.3 Å². The van der Waals surface area contributed by atoms with Gasteiger partial charge >= 0.3 is 12.1 Å². The van der Waals surface area contributed by atoms with Gasteiger partial charge in [-0.05, 0) is 39.0 Å². The third kappa shape index (κ3) is 5.45. The number of carbonyl (C=O) groups is 2. The van der Waals surface area contributed by atoms with Gasteiger partial charge in [0.15, 0.2) is 12.9 Å². The summed E-state index contributed by atoms with van der Waals surface area (Å²) in [5.74, 6) is -0.789. The van der Waals surface area contributed by atoms with Crippen LogP contribution in [0.5, 0.6) is 5.75 Å². The smallest absolute Gasteiger partial charge is 0.416 e. The summed E-state index contributed by atoms with van der Waals surface area (Å²) in [6.45, 7) is 4.50. The lowest BCUT2D eigenvalue weighted by molar-refractivity contribution is -0.157. The average Bonchev–Trinajstić information content (AvgIpc) is 2.32. The van der Waals surface area contributed by atoms with Crippen LogP contribution in [-0.4, -0.2) is 24.5 Å². The molecule has 1 aromatic rings. The highest BCUT2D eigenvalue weighted by Gasteiger charge is 2.31. The fraction of sp³-hybridized carbons (Fsp3) is 0.429. The maximum atomic E-state index is 12.5. The Morgan fingerprint density at radius 3 is 2.33 bits per heavy atom. The number of alkyl halides is 3. The number of carbonyl (C=O) groups excluding carboxylic acids is 2. The third-order valence-electron chi connectivity index (χ3n) is 2.23. The van der Waals surface area contributed by atoms with Gasteiger partial charge < -0.3 is 9.47 Å². The van der Waals surface area contributed by atoms with Gasteiger partial charge in [-0.3, -0.25) is 4.79 Å². The summed E-state index contributed by atoms with van der Waals surface area (Å²) in [5.41, 5.74) is -1.95. The summed E-state index contributed by atoms with van der Waals surface area (Å²) >= 11 is 0. The van der Waals surface area contributed by atoms with E-state index in [0.717, 1.165) is 12.1 Å². The maximum absolute atomic E-state index is 12.5. The van der Waals surface area contributed by atoms with Crippen LogP contribution in [0.3, 0.4) is 0 Å². The fourth-order valence-corrected chi connectivity index (χ4v) is 1.46. The van der Waals surface area contributed by atoms with Crippen molar-refractivity contribution in [3.63, 3.8) is 0 Å². The average molecular weight is 304 g/mol. The molecule has 0 unspecified atom stereocenters. The molecule has 0 heterocycles. The monoisotopic (exact) mass is 304 g/mol. The molecule has 0 N–H and O–H groups in total. The van der Waals surface area contributed by atoms with Crippen LogP contribution in [0.4, 0.5) is 13.2 Å². The zero-order chi connectivity index (χ0) is 16.3. The lowest BCUT2D eigenvalue weighted by atomic mass is 10.1. The Hall–Kier alpha value is -2.05. The van der Waals surface area contributed by atoms with Gasteiger partial charge in [-0.1, -0.05) is 0 Å². The van der Waals surface area contributed by atoms with Crippen molar-refractivity contribution < 1.29 is 32.2 Å². The normalized spacial score (nSPS) is 11.9. The highest BCUT2D eigenvalue weighted by atomic mass is 19.4. The first-order valence-electron chi connectivity index (χ1n) is 6.04. The van der Waals surface area contributed by atoms with Gasteiger partial charge in [0.2, 0.25) is 0 Å². The number of halogens is 3. The summed E-state index contributed by atoms with van der Waals surface area (Å²) in [6.07, 6.45) is -4.32. The van der Waals surface area contributed by atoms with Gasteiger partial charge in [-0.15, -0.1) is 0 Å². The van der Waals surface area contributed by atoms with Crippen LogP contribution in [0.15, 0.2) is 18.2 Å². The highest BCUT2D eigenvalue weighted by molar-refractivity contribution is 5.80. The van der Waals surface area contributed by atoms with E-state index in [-0.39, 0.29) is 17.6 Å². The van der Waals surface area contributed by atoms with Gasteiger partial charge in [0.25, 0.3) is 0 Å². The molecule has 7 heteroatoms. The number of ether oxygens (including phenoxy) is 2. The van der Waals surface area contributed by atoms with E-state index in [9.17, 15) is 22.8 Å². The van der Waals surface area contributed by atoms with Crippen molar-refractivity contribution in [2.24, 2.45) is 0 Å². The highest BCUT2D eigenvalue weighted by Crippen LogP contribution is 2.32. The Morgan fingerprint density at radius 2 is 1.86 bits per heavy atom. The largest absolute Gasteiger partial charge is 0.481 e. The molecule has 0 bridgehead atoms. The molecule has 116 valence electrons. The second kappa shape index (κ2) is 6.15. The molecular weight excluding hydrogens is 289 g/mol. The first-order valence-corrected chi connectivity index (χ1v) is 6.04. The van der Waals surface area contributed by atoms with Crippen LogP contribution >= 0.6 is 0 Å². The van der Waals surface area contributed by atoms with Gasteiger partial charge in [0, 0.05) is 0 Å². The third-order valence-corrected chi connectivity index (χ3v) is 2.23. The van der Waals surface area contributed by atoms with Crippen LogP contribution in [0, 0.1) is 0 Å². The minimum atomic E-state index is -4.55. The van der Waals surface area contributed by atoms with E-state index in [1.807, 2.05) is 0 Å². The Bertz CT molecular complexity index is 530. The van der Waals surface area contributed by atoms with E-state index in [2.05, 4.69) is 0 Å². The molecule has 0 saturated carbocycles. The Balaban J connectivity index is 2.81. The minimum Gasteiger partial charge on any atom is -0.481 e. The van der Waals surface area contributed by atoms with Crippen LogP contribution in [0.2, 0.25) is 0 Å². The van der Waals surface area contributed by atoms with Crippen molar-refractivity contribution in [1.29, 1.82) is 0 Å². The molecule has 0 fully saturated rings. The van der Waals surface area contributed by atoms with E-state index >= 15 is 0 Å². The molecule has 21 heavy (non-hydrogen) atoms. The summed E-state index contributed by atoms with van der Waals surface area (Å²) in [4.78, 5) is 22.3. The van der Waals surface area contributed by atoms with Crippen molar-refractivity contribution in [2.75, 3.05) is 6.61 Å². The van der Waals surface area contributed by atoms with Gasteiger partial charge in [0.05, 0.1) is 11.1 Å². The number of hydrogen-bond acceptors (Lipinski definition) is 4. The van der Waals surface area contributed by atoms with Gasteiger partial charge in [-0.25, -0.2) is 4.79 Å². The molecule has 1 rings (SSSR count). The SMILES string of the molecule is CC(C)(C)OC(=O)COc1ccc(C(F)(F)F)cc1C=O. The number of hydrogen-bond donors (Lipinski definition) is 0. The lowest BCUT2D eigenvalue weighted by Crippen LogP contribution is -2.27. The molecule has 0 aliphatic rings. The van der Waals surface area contributed by atoms with E-state index in [4.69, 9.17) is 9.47 Å². The predicted molar refractivity (Wildman–Crippen MR) is 68.2 cm³/mol. The van der Waals surface area contributed by atoms with Crippen LogP contribution < -0.4 is 4.74 Å². The molecule has 0 aliphatic carbocycles. The molecule has 1 aromatic carbocycles. The number of esters is 1. The Morgan fingerprint density at radius 1 is 1.24 bits per heavy atom. The molecule has 0 amide bonds. The van der Waals surface area contributed by atoms with E-state index < -0.39 is 29.9 Å². The molecule has 4 nitrogen and oxygen atoms in total. The number of benzene rings is 1. The molecule has 0 aliphatic heterocycles. The molecule has 0 spiro atoms. The summed E-state index contributed by atoms with van der Waals surface area (Å²) in [7, 11) is 0. The molecule has 0 saturated heterocycles. The number of aldehydes is 1. The quantitative estimate of drug-likeness (QED) is 0.633. The topological polar surface area (TPSA) is 52.6 Å². The zero-order valence-electron chi connectivity index (χ0n) is 11.8. The van der Waals surface area contributed by atoms with Gasteiger partial charge in [-0.2, -0.15) is 13.2 Å². The first-order chi connectivity index (χ1) is 9.53. The Kier molecular flexibility index (Phi) is 4.98. The molecule has 0 radical (unpaired) electrons. The zero-order valence-corrected chi connectivity index (χ0v) is 11.8. The Labute approximate surface area is 119 Å².